The third kappa shape index (κ3) is 5.58. The van der Waals surface area contributed by atoms with Crippen molar-refractivity contribution in [2.45, 2.75) is 38.0 Å². The van der Waals surface area contributed by atoms with Gasteiger partial charge in [0.25, 0.3) is 0 Å². The van der Waals surface area contributed by atoms with Gasteiger partial charge in [-0.05, 0) is 74.3 Å². The average molecular weight is 384 g/mol. The minimum atomic E-state index is 0.526. The van der Waals surface area contributed by atoms with E-state index in [1.54, 1.807) is 0 Å². The van der Waals surface area contributed by atoms with Crippen molar-refractivity contribution in [2.75, 3.05) is 19.6 Å². The van der Waals surface area contributed by atoms with Gasteiger partial charge in [-0.1, -0.05) is 91.0 Å². The number of nitrogens with zero attached hydrogens (tertiary/aromatic N) is 1. The Balaban J connectivity index is 1.30. The predicted molar refractivity (Wildman–Crippen MR) is 123 cm³/mol. The lowest BCUT2D eigenvalue weighted by molar-refractivity contribution is 0.172. The van der Waals surface area contributed by atoms with Gasteiger partial charge in [0.2, 0.25) is 0 Å². The van der Waals surface area contributed by atoms with E-state index in [9.17, 15) is 0 Å². The van der Waals surface area contributed by atoms with Gasteiger partial charge >= 0.3 is 0 Å². The Kier molecular flexibility index (Phi) is 7.15. The van der Waals surface area contributed by atoms with E-state index >= 15 is 0 Å². The summed E-state index contributed by atoms with van der Waals surface area (Å²) in [6.45, 7) is 3.74. The highest BCUT2D eigenvalue weighted by Gasteiger charge is 2.28. The van der Waals surface area contributed by atoms with Gasteiger partial charge in [-0.2, -0.15) is 0 Å². The predicted octanol–water partition coefficient (Wildman–Crippen LogP) is 6.55. The normalized spacial score (nSPS) is 15.6. The number of piperidine rings is 1. The van der Waals surface area contributed by atoms with Gasteiger partial charge in [-0.15, -0.1) is 0 Å². The van der Waals surface area contributed by atoms with Crippen LogP contribution in [0.2, 0.25) is 0 Å². The van der Waals surface area contributed by atoms with Gasteiger partial charge in [0.15, 0.2) is 0 Å². The van der Waals surface area contributed by atoms with Crippen LogP contribution in [0.5, 0.6) is 0 Å². The highest BCUT2D eigenvalue weighted by atomic mass is 15.1. The van der Waals surface area contributed by atoms with Crippen LogP contribution in [0.25, 0.3) is 0 Å². The molecule has 0 spiro atoms. The van der Waals surface area contributed by atoms with E-state index in [1.807, 2.05) is 0 Å². The molecule has 1 heteroatoms. The smallest absolute Gasteiger partial charge is 0.0119 e. The van der Waals surface area contributed by atoms with Crippen LogP contribution in [-0.4, -0.2) is 24.5 Å². The van der Waals surface area contributed by atoms with Gasteiger partial charge < -0.3 is 4.90 Å². The summed E-state index contributed by atoms with van der Waals surface area (Å²) in [7, 11) is 0. The molecule has 1 aliphatic rings. The molecule has 1 saturated heterocycles. The topological polar surface area (TPSA) is 3.24 Å². The van der Waals surface area contributed by atoms with Crippen molar-refractivity contribution in [2.24, 2.45) is 5.92 Å². The highest BCUT2D eigenvalue weighted by Crippen LogP contribution is 2.37. The number of unbranched alkanes of at least 4 members (excludes halogenated alkanes) is 1. The number of aryl methyl sites for hydroxylation is 1. The van der Waals surface area contributed by atoms with Crippen molar-refractivity contribution in [3.63, 3.8) is 0 Å². The molecule has 4 rings (SSSR count). The van der Waals surface area contributed by atoms with Crippen LogP contribution < -0.4 is 0 Å². The summed E-state index contributed by atoms with van der Waals surface area (Å²) in [5, 5.41) is 0. The maximum Gasteiger partial charge on any atom is 0.0119 e. The molecule has 0 atom stereocenters. The van der Waals surface area contributed by atoms with Gasteiger partial charge in [0.05, 0.1) is 0 Å². The Morgan fingerprint density at radius 1 is 0.655 bits per heavy atom. The van der Waals surface area contributed by atoms with Gasteiger partial charge in [-0.3, -0.25) is 0 Å². The molecule has 1 aliphatic heterocycles. The maximum absolute atomic E-state index is 2.69. The van der Waals surface area contributed by atoms with Crippen LogP contribution in [0.3, 0.4) is 0 Å². The Labute approximate surface area is 176 Å². The Morgan fingerprint density at radius 2 is 1.17 bits per heavy atom. The first-order valence-electron chi connectivity index (χ1n) is 11.3. The van der Waals surface area contributed by atoms with Crippen LogP contribution in [0.15, 0.2) is 91.0 Å². The lowest BCUT2D eigenvalue weighted by Gasteiger charge is -2.36. The number of benzene rings is 3. The lowest BCUT2D eigenvalue weighted by Crippen LogP contribution is -2.36. The molecule has 1 nitrogen and oxygen atoms in total. The zero-order valence-corrected chi connectivity index (χ0v) is 17.4. The molecule has 0 unspecified atom stereocenters. The molecule has 0 N–H and O–H groups in total. The molecule has 0 saturated carbocycles. The third-order valence-electron chi connectivity index (χ3n) is 6.45. The zero-order valence-electron chi connectivity index (χ0n) is 17.4. The van der Waals surface area contributed by atoms with Crippen molar-refractivity contribution in [3.8, 4) is 0 Å². The number of rotatable bonds is 8. The lowest BCUT2D eigenvalue weighted by atomic mass is 9.76. The van der Waals surface area contributed by atoms with Crippen LogP contribution in [0.1, 0.15) is 48.3 Å². The summed E-state index contributed by atoms with van der Waals surface area (Å²) < 4.78 is 0. The summed E-state index contributed by atoms with van der Waals surface area (Å²) in [4.78, 5) is 2.69. The minimum Gasteiger partial charge on any atom is -0.303 e. The fourth-order valence-corrected chi connectivity index (χ4v) is 4.88. The van der Waals surface area contributed by atoms with Crippen LogP contribution in [0, 0.1) is 5.92 Å². The Hall–Kier alpha value is -2.38. The van der Waals surface area contributed by atoms with E-state index in [2.05, 4.69) is 95.9 Å². The summed E-state index contributed by atoms with van der Waals surface area (Å²) in [6.07, 6.45) is 6.41. The molecular weight excluding hydrogens is 350 g/mol. The van der Waals surface area contributed by atoms with Gasteiger partial charge in [-0.25, -0.2) is 0 Å². The molecule has 3 aromatic rings. The van der Waals surface area contributed by atoms with Gasteiger partial charge in [0, 0.05) is 5.92 Å². The first-order chi connectivity index (χ1) is 14.4. The number of likely N-dealkylation sites (tertiary alicyclic amines) is 1. The molecule has 0 bridgehead atoms. The monoisotopic (exact) mass is 383 g/mol. The van der Waals surface area contributed by atoms with Crippen LogP contribution in [-0.2, 0) is 6.42 Å². The van der Waals surface area contributed by atoms with Crippen molar-refractivity contribution in [1.82, 2.24) is 4.90 Å². The summed E-state index contributed by atoms with van der Waals surface area (Å²) in [5.41, 5.74) is 4.42. The van der Waals surface area contributed by atoms with Crippen molar-refractivity contribution in [1.29, 1.82) is 0 Å². The fraction of sp³-hybridized carbons (Fsp3) is 0.357. The first-order valence-corrected chi connectivity index (χ1v) is 11.3. The summed E-state index contributed by atoms with van der Waals surface area (Å²) in [5.74, 6) is 1.26. The van der Waals surface area contributed by atoms with Crippen molar-refractivity contribution >= 4 is 0 Å². The third-order valence-corrected chi connectivity index (χ3v) is 6.45. The van der Waals surface area contributed by atoms with E-state index in [1.165, 1.54) is 68.4 Å². The fourth-order valence-electron chi connectivity index (χ4n) is 4.88. The summed E-state index contributed by atoms with van der Waals surface area (Å²) >= 11 is 0. The van der Waals surface area contributed by atoms with E-state index in [0.717, 1.165) is 5.92 Å². The van der Waals surface area contributed by atoms with E-state index in [0.29, 0.717) is 5.92 Å². The highest BCUT2D eigenvalue weighted by molar-refractivity contribution is 5.33. The molecule has 1 heterocycles. The Bertz CT molecular complexity index is 780. The summed E-state index contributed by atoms with van der Waals surface area (Å²) in [6, 6.07) is 33.2. The number of hydrogen-bond donors (Lipinski definition) is 0. The second kappa shape index (κ2) is 10.4. The maximum atomic E-state index is 2.69. The van der Waals surface area contributed by atoms with Crippen LogP contribution in [0.4, 0.5) is 0 Å². The first kappa shape index (κ1) is 19.9. The standard InChI is InChI=1S/C28H33N/c1-4-12-24(13-5-1)14-10-11-21-29-22-19-27(20-23-29)28(25-15-6-2-7-16-25)26-17-8-3-9-18-26/h1-9,12-13,15-18,27-28H,10-11,14,19-23H2. The quantitative estimate of drug-likeness (QED) is 0.398. The molecule has 3 aromatic carbocycles. The van der Waals surface area contributed by atoms with Crippen LogP contribution >= 0.6 is 0 Å². The van der Waals surface area contributed by atoms with Crippen molar-refractivity contribution < 1.29 is 0 Å². The van der Waals surface area contributed by atoms with E-state index < -0.39 is 0 Å². The largest absolute Gasteiger partial charge is 0.303 e. The molecule has 150 valence electrons. The van der Waals surface area contributed by atoms with E-state index in [4.69, 9.17) is 0 Å². The number of hydrogen-bond acceptors (Lipinski definition) is 1. The molecule has 29 heavy (non-hydrogen) atoms. The van der Waals surface area contributed by atoms with Crippen molar-refractivity contribution in [3.05, 3.63) is 108 Å². The second-order valence-electron chi connectivity index (χ2n) is 8.42. The molecule has 0 amide bonds. The van der Waals surface area contributed by atoms with Gasteiger partial charge in [0.1, 0.15) is 0 Å². The minimum absolute atomic E-state index is 0.526. The Morgan fingerprint density at radius 3 is 1.72 bits per heavy atom. The second-order valence-corrected chi connectivity index (χ2v) is 8.42. The molecular formula is C28H33N. The molecule has 0 radical (unpaired) electrons. The zero-order chi connectivity index (χ0) is 19.7. The molecule has 0 aromatic heterocycles. The SMILES string of the molecule is c1ccc(CCCCN2CCC(C(c3ccccc3)c3ccccc3)CC2)cc1. The molecule has 1 fully saturated rings. The average Bonchev–Trinajstić information content (AvgIpc) is 2.80. The van der Waals surface area contributed by atoms with E-state index in [-0.39, 0.29) is 0 Å². The molecule has 0 aliphatic carbocycles.